The minimum atomic E-state index is -0.921. The summed E-state index contributed by atoms with van der Waals surface area (Å²) in [5, 5.41) is 3.16. The van der Waals surface area contributed by atoms with Gasteiger partial charge in [-0.25, -0.2) is 4.79 Å². The number of likely N-dealkylation sites (N-methyl/N-ethyl adjacent to an activating group) is 1. The standard InChI is InChI=1S/C22H22N2O4/c1-16(21(25)24(2)17-9-4-3-5-10-17)28-22(26)19-12-6-7-13-20(19)23-15-18-11-8-14-27-18/h3-14,16,23H,15H2,1-2H3. The van der Waals surface area contributed by atoms with E-state index >= 15 is 0 Å². The second-order valence-corrected chi connectivity index (χ2v) is 6.26. The van der Waals surface area contributed by atoms with Crippen LogP contribution in [0.25, 0.3) is 0 Å². The number of benzene rings is 2. The number of rotatable bonds is 7. The summed E-state index contributed by atoms with van der Waals surface area (Å²) >= 11 is 0. The van der Waals surface area contributed by atoms with Crippen LogP contribution < -0.4 is 10.2 Å². The van der Waals surface area contributed by atoms with Gasteiger partial charge in [-0.15, -0.1) is 0 Å². The molecule has 1 amide bonds. The van der Waals surface area contributed by atoms with Gasteiger partial charge in [0, 0.05) is 18.4 Å². The molecule has 0 aliphatic rings. The van der Waals surface area contributed by atoms with Gasteiger partial charge < -0.3 is 19.4 Å². The van der Waals surface area contributed by atoms with Gasteiger partial charge in [0.2, 0.25) is 0 Å². The average Bonchev–Trinajstić information content (AvgIpc) is 3.25. The predicted octanol–water partition coefficient (Wildman–Crippen LogP) is 4.10. The molecule has 3 rings (SSSR count). The fourth-order valence-corrected chi connectivity index (χ4v) is 2.74. The van der Waals surface area contributed by atoms with E-state index in [4.69, 9.17) is 9.15 Å². The molecule has 1 heterocycles. The minimum absolute atomic E-state index is 0.305. The van der Waals surface area contributed by atoms with E-state index < -0.39 is 12.1 Å². The molecule has 0 radical (unpaired) electrons. The molecular weight excluding hydrogens is 356 g/mol. The van der Waals surface area contributed by atoms with Crippen molar-refractivity contribution in [3.63, 3.8) is 0 Å². The van der Waals surface area contributed by atoms with Crippen molar-refractivity contribution in [1.29, 1.82) is 0 Å². The number of hydrogen-bond acceptors (Lipinski definition) is 5. The molecule has 6 heteroatoms. The fraction of sp³-hybridized carbons (Fsp3) is 0.182. The van der Waals surface area contributed by atoms with Gasteiger partial charge in [-0.2, -0.15) is 0 Å². The van der Waals surface area contributed by atoms with E-state index in [1.54, 1.807) is 44.5 Å². The van der Waals surface area contributed by atoms with Crippen LogP contribution >= 0.6 is 0 Å². The fourth-order valence-electron chi connectivity index (χ4n) is 2.74. The molecule has 0 spiro atoms. The molecule has 3 aromatic rings. The average molecular weight is 378 g/mol. The van der Waals surface area contributed by atoms with Crippen LogP contribution in [0.3, 0.4) is 0 Å². The first-order valence-electron chi connectivity index (χ1n) is 8.95. The first-order valence-corrected chi connectivity index (χ1v) is 8.95. The molecule has 1 N–H and O–H groups in total. The number of para-hydroxylation sites is 2. The Morgan fingerprint density at radius 3 is 2.46 bits per heavy atom. The third kappa shape index (κ3) is 4.59. The Bertz CT molecular complexity index is 923. The zero-order valence-corrected chi connectivity index (χ0v) is 15.8. The summed E-state index contributed by atoms with van der Waals surface area (Å²) in [4.78, 5) is 26.7. The van der Waals surface area contributed by atoms with Gasteiger partial charge in [-0.1, -0.05) is 30.3 Å². The molecule has 0 saturated carbocycles. The number of furan rings is 1. The van der Waals surface area contributed by atoms with Gasteiger partial charge in [0.1, 0.15) is 5.76 Å². The van der Waals surface area contributed by atoms with Crippen LogP contribution in [0.4, 0.5) is 11.4 Å². The molecule has 2 aromatic carbocycles. The molecule has 0 fully saturated rings. The highest BCUT2D eigenvalue weighted by Gasteiger charge is 2.24. The summed E-state index contributed by atoms with van der Waals surface area (Å²) in [6, 6.07) is 19.8. The Hall–Kier alpha value is -3.54. The number of ether oxygens (including phenoxy) is 1. The molecule has 1 atom stereocenters. The lowest BCUT2D eigenvalue weighted by Gasteiger charge is -2.22. The van der Waals surface area contributed by atoms with Crippen molar-refractivity contribution >= 4 is 23.3 Å². The van der Waals surface area contributed by atoms with Crippen molar-refractivity contribution in [2.24, 2.45) is 0 Å². The molecule has 144 valence electrons. The first kappa shape index (κ1) is 19.2. The van der Waals surface area contributed by atoms with E-state index in [-0.39, 0.29) is 5.91 Å². The van der Waals surface area contributed by atoms with E-state index in [0.29, 0.717) is 17.8 Å². The number of nitrogens with one attached hydrogen (secondary N) is 1. The van der Waals surface area contributed by atoms with Crippen molar-refractivity contribution in [3.05, 3.63) is 84.3 Å². The second-order valence-electron chi connectivity index (χ2n) is 6.26. The van der Waals surface area contributed by atoms with Crippen LogP contribution in [0.15, 0.2) is 77.4 Å². The molecule has 0 saturated heterocycles. The lowest BCUT2D eigenvalue weighted by molar-refractivity contribution is -0.126. The van der Waals surface area contributed by atoms with Gasteiger partial charge in [-0.3, -0.25) is 4.79 Å². The van der Waals surface area contributed by atoms with Crippen LogP contribution in [0.2, 0.25) is 0 Å². The SMILES string of the molecule is CC(OC(=O)c1ccccc1NCc1ccco1)C(=O)N(C)c1ccccc1. The molecule has 28 heavy (non-hydrogen) atoms. The highest BCUT2D eigenvalue weighted by molar-refractivity contribution is 6.00. The monoisotopic (exact) mass is 378 g/mol. The summed E-state index contributed by atoms with van der Waals surface area (Å²) in [6.45, 7) is 2.00. The smallest absolute Gasteiger partial charge is 0.341 e. The normalized spacial score (nSPS) is 11.5. The number of hydrogen-bond donors (Lipinski definition) is 1. The van der Waals surface area contributed by atoms with E-state index in [0.717, 1.165) is 11.4 Å². The van der Waals surface area contributed by atoms with Crippen LogP contribution in [-0.4, -0.2) is 25.0 Å². The van der Waals surface area contributed by atoms with Crippen LogP contribution in [0, 0.1) is 0 Å². The van der Waals surface area contributed by atoms with Crippen molar-refractivity contribution in [3.8, 4) is 0 Å². The van der Waals surface area contributed by atoms with Gasteiger partial charge >= 0.3 is 5.97 Å². The summed E-state index contributed by atoms with van der Waals surface area (Å²) < 4.78 is 10.7. The predicted molar refractivity (Wildman–Crippen MR) is 107 cm³/mol. The van der Waals surface area contributed by atoms with Crippen molar-refractivity contribution in [2.45, 2.75) is 19.6 Å². The zero-order valence-electron chi connectivity index (χ0n) is 15.8. The number of carbonyl (C=O) groups is 2. The molecule has 1 aromatic heterocycles. The van der Waals surface area contributed by atoms with Gasteiger partial charge in [0.15, 0.2) is 6.10 Å². The third-order valence-corrected chi connectivity index (χ3v) is 4.29. The Morgan fingerprint density at radius 1 is 1.04 bits per heavy atom. The number of esters is 1. The maximum Gasteiger partial charge on any atom is 0.341 e. The maximum absolute atomic E-state index is 12.6. The molecular formula is C22H22N2O4. The Morgan fingerprint density at radius 2 is 1.75 bits per heavy atom. The van der Waals surface area contributed by atoms with Crippen LogP contribution in [0.1, 0.15) is 23.0 Å². The van der Waals surface area contributed by atoms with E-state index in [1.165, 1.54) is 4.90 Å². The molecule has 0 aliphatic heterocycles. The van der Waals surface area contributed by atoms with Crippen LogP contribution in [-0.2, 0) is 16.1 Å². The number of anilines is 2. The van der Waals surface area contributed by atoms with E-state index in [9.17, 15) is 9.59 Å². The van der Waals surface area contributed by atoms with Crippen molar-refractivity contribution in [2.75, 3.05) is 17.3 Å². The third-order valence-electron chi connectivity index (χ3n) is 4.29. The zero-order chi connectivity index (χ0) is 19.9. The summed E-state index contributed by atoms with van der Waals surface area (Å²) in [5.74, 6) is -0.123. The number of carbonyl (C=O) groups excluding carboxylic acids is 2. The van der Waals surface area contributed by atoms with Gasteiger partial charge in [0.05, 0.1) is 18.4 Å². The highest BCUT2D eigenvalue weighted by Crippen LogP contribution is 2.19. The van der Waals surface area contributed by atoms with Crippen LogP contribution in [0.5, 0.6) is 0 Å². The quantitative estimate of drug-likeness (QED) is 0.627. The Balaban J connectivity index is 1.66. The van der Waals surface area contributed by atoms with E-state index in [2.05, 4.69) is 5.32 Å². The Labute approximate surface area is 163 Å². The number of amides is 1. The lowest BCUT2D eigenvalue weighted by atomic mass is 10.1. The lowest BCUT2D eigenvalue weighted by Crippen LogP contribution is -2.37. The molecule has 0 bridgehead atoms. The topological polar surface area (TPSA) is 71.8 Å². The van der Waals surface area contributed by atoms with Crippen molar-refractivity contribution in [1.82, 2.24) is 0 Å². The summed E-state index contributed by atoms with van der Waals surface area (Å²) in [5.41, 5.74) is 1.70. The minimum Gasteiger partial charge on any atom is -0.467 e. The largest absolute Gasteiger partial charge is 0.467 e. The molecule has 0 aliphatic carbocycles. The molecule has 6 nitrogen and oxygen atoms in total. The Kier molecular flexibility index (Phi) is 6.11. The molecule has 1 unspecified atom stereocenters. The van der Waals surface area contributed by atoms with Gasteiger partial charge in [0.25, 0.3) is 5.91 Å². The summed E-state index contributed by atoms with van der Waals surface area (Å²) in [6.07, 6.45) is 0.670. The number of nitrogens with zero attached hydrogens (tertiary/aromatic N) is 1. The maximum atomic E-state index is 12.6. The highest BCUT2D eigenvalue weighted by atomic mass is 16.5. The van der Waals surface area contributed by atoms with Crippen molar-refractivity contribution < 1.29 is 18.7 Å². The van der Waals surface area contributed by atoms with Gasteiger partial charge in [-0.05, 0) is 43.3 Å². The van der Waals surface area contributed by atoms with E-state index in [1.807, 2.05) is 42.5 Å². The first-order chi connectivity index (χ1) is 13.6. The summed E-state index contributed by atoms with van der Waals surface area (Å²) in [7, 11) is 1.65. The second kappa shape index (κ2) is 8.90.